The van der Waals surface area contributed by atoms with Crippen LogP contribution in [0.1, 0.15) is 26.3 Å². The predicted molar refractivity (Wildman–Crippen MR) is 110 cm³/mol. The van der Waals surface area contributed by atoms with Gasteiger partial charge in [-0.05, 0) is 26.0 Å². The summed E-state index contributed by atoms with van der Waals surface area (Å²) in [5.74, 6) is -4.45. The number of sulfonamides is 1. The average molecular weight is 492 g/mol. The van der Waals surface area contributed by atoms with E-state index in [4.69, 9.17) is 5.73 Å². The first-order chi connectivity index (χ1) is 15.2. The molecule has 0 saturated carbocycles. The standard InChI is InChI=1S/C18H17F5N6O3S/c1-8(2)29-15-12(7-25-17(24)27-15)26-13(16(29)30)9-5-10(19)14(11(20)6-9)28-33(31,32)4-3-18(21,22)23/h5-8,28H,3-4H2,1-2H3,(H2,24,25,27). The molecule has 3 aromatic rings. The van der Waals surface area contributed by atoms with E-state index < -0.39 is 57.3 Å². The second-order valence-corrected chi connectivity index (χ2v) is 9.11. The van der Waals surface area contributed by atoms with Crippen molar-refractivity contribution < 1.29 is 30.4 Å². The number of nitrogens with one attached hydrogen (secondary N) is 1. The number of fused-ring (bicyclic) bond motifs is 1. The molecule has 0 fully saturated rings. The lowest BCUT2D eigenvalue weighted by Gasteiger charge is -2.15. The summed E-state index contributed by atoms with van der Waals surface area (Å²) in [5, 5.41) is 0. The van der Waals surface area contributed by atoms with Crippen molar-refractivity contribution in [2.75, 3.05) is 16.2 Å². The number of benzene rings is 1. The highest BCUT2D eigenvalue weighted by Gasteiger charge is 2.31. The van der Waals surface area contributed by atoms with Crippen LogP contribution in [0.4, 0.5) is 33.6 Å². The van der Waals surface area contributed by atoms with Crippen molar-refractivity contribution in [1.29, 1.82) is 0 Å². The summed E-state index contributed by atoms with van der Waals surface area (Å²) in [5.41, 5.74) is 3.11. The molecule has 9 nitrogen and oxygen atoms in total. The van der Waals surface area contributed by atoms with E-state index in [9.17, 15) is 35.2 Å². The van der Waals surface area contributed by atoms with Crippen LogP contribution in [-0.2, 0) is 10.0 Å². The third-order valence-electron chi connectivity index (χ3n) is 4.39. The molecule has 0 radical (unpaired) electrons. The van der Waals surface area contributed by atoms with E-state index >= 15 is 0 Å². The van der Waals surface area contributed by atoms with E-state index in [0.717, 1.165) is 0 Å². The average Bonchev–Trinajstić information content (AvgIpc) is 2.68. The van der Waals surface area contributed by atoms with Gasteiger partial charge in [-0.1, -0.05) is 0 Å². The molecule has 2 heterocycles. The highest BCUT2D eigenvalue weighted by Crippen LogP contribution is 2.28. The van der Waals surface area contributed by atoms with Crippen molar-refractivity contribution in [1.82, 2.24) is 19.5 Å². The van der Waals surface area contributed by atoms with Gasteiger partial charge < -0.3 is 5.73 Å². The van der Waals surface area contributed by atoms with Gasteiger partial charge in [0.25, 0.3) is 5.56 Å². The highest BCUT2D eigenvalue weighted by molar-refractivity contribution is 7.92. The smallest absolute Gasteiger partial charge is 0.368 e. The third kappa shape index (κ3) is 5.35. The number of hydrogen-bond acceptors (Lipinski definition) is 7. The normalized spacial score (nSPS) is 12.5. The SMILES string of the molecule is CC(C)n1c(=O)c(-c2cc(F)c(NS(=O)(=O)CCC(F)(F)F)c(F)c2)nc2cnc(N)nc21. The first kappa shape index (κ1) is 24.3. The minimum absolute atomic E-state index is 0.0984. The molecule has 33 heavy (non-hydrogen) atoms. The van der Waals surface area contributed by atoms with Crippen LogP contribution in [0.25, 0.3) is 22.4 Å². The van der Waals surface area contributed by atoms with Gasteiger partial charge in [0.15, 0.2) is 17.3 Å². The summed E-state index contributed by atoms with van der Waals surface area (Å²) >= 11 is 0. The van der Waals surface area contributed by atoms with E-state index in [-0.39, 0.29) is 28.4 Å². The third-order valence-corrected chi connectivity index (χ3v) is 5.65. The topological polar surface area (TPSA) is 133 Å². The Bertz CT molecular complexity index is 1370. The molecule has 3 rings (SSSR count). The van der Waals surface area contributed by atoms with Gasteiger partial charge in [-0.25, -0.2) is 27.2 Å². The molecular formula is C18H17F5N6O3S. The van der Waals surface area contributed by atoms with Crippen molar-refractivity contribution in [2.24, 2.45) is 0 Å². The number of anilines is 2. The minimum atomic E-state index is -4.78. The Morgan fingerprint density at radius 3 is 2.30 bits per heavy atom. The van der Waals surface area contributed by atoms with E-state index in [2.05, 4.69) is 15.0 Å². The molecule has 0 atom stereocenters. The Morgan fingerprint density at radius 1 is 1.15 bits per heavy atom. The number of alkyl halides is 3. The molecule has 0 spiro atoms. The van der Waals surface area contributed by atoms with E-state index in [1.54, 1.807) is 13.8 Å². The fourth-order valence-electron chi connectivity index (χ4n) is 2.95. The predicted octanol–water partition coefficient (Wildman–Crippen LogP) is 2.99. The van der Waals surface area contributed by atoms with Crippen molar-refractivity contribution in [3.8, 4) is 11.3 Å². The lowest BCUT2D eigenvalue weighted by molar-refractivity contribution is -0.129. The van der Waals surface area contributed by atoms with Gasteiger partial charge in [-0.3, -0.25) is 14.1 Å². The number of hydrogen-bond donors (Lipinski definition) is 2. The molecule has 0 aliphatic heterocycles. The van der Waals surface area contributed by atoms with Gasteiger partial charge in [0.05, 0.1) is 18.4 Å². The van der Waals surface area contributed by atoms with Crippen LogP contribution >= 0.6 is 0 Å². The summed E-state index contributed by atoms with van der Waals surface area (Å²) in [6.07, 6.45) is -5.26. The van der Waals surface area contributed by atoms with Gasteiger partial charge in [0.2, 0.25) is 16.0 Å². The molecule has 3 N–H and O–H groups in total. The number of aromatic nitrogens is 4. The molecule has 0 aliphatic carbocycles. The molecule has 0 unspecified atom stereocenters. The molecule has 178 valence electrons. The van der Waals surface area contributed by atoms with Crippen LogP contribution in [0, 0.1) is 11.6 Å². The van der Waals surface area contributed by atoms with Gasteiger partial charge in [-0.2, -0.15) is 18.2 Å². The van der Waals surface area contributed by atoms with Crippen LogP contribution in [0.3, 0.4) is 0 Å². The zero-order chi connectivity index (χ0) is 24.7. The summed E-state index contributed by atoms with van der Waals surface area (Å²) in [6, 6.07) is 0.831. The Labute approximate surface area is 183 Å². The molecule has 0 aliphatic rings. The second kappa shape index (κ2) is 8.53. The fourth-order valence-corrected chi connectivity index (χ4v) is 4.05. The maximum Gasteiger partial charge on any atom is 0.390 e. The molecule has 2 aromatic heterocycles. The van der Waals surface area contributed by atoms with Gasteiger partial charge >= 0.3 is 6.18 Å². The lowest BCUT2D eigenvalue weighted by Crippen LogP contribution is -2.26. The largest absolute Gasteiger partial charge is 0.390 e. The Balaban J connectivity index is 2.08. The van der Waals surface area contributed by atoms with Gasteiger partial charge in [-0.15, -0.1) is 0 Å². The van der Waals surface area contributed by atoms with E-state index in [1.165, 1.54) is 15.5 Å². The molecule has 0 bridgehead atoms. The second-order valence-electron chi connectivity index (χ2n) is 7.27. The van der Waals surface area contributed by atoms with Gasteiger partial charge in [0, 0.05) is 11.6 Å². The first-order valence-corrected chi connectivity index (χ1v) is 10.9. The van der Waals surface area contributed by atoms with Crippen LogP contribution in [0.5, 0.6) is 0 Å². The number of nitrogen functional groups attached to an aromatic ring is 1. The number of nitrogens with two attached hydrogens (primary N) is 1. The zero-order valence-electron chi connectivity index (χ0n) is 17.1. The molecule has 0 amide bonds. The first-order valence-electron chi connectivity index (χ1n) is 9.30. The lowest BCUT2D eigenvalue weighted by atomic mass is 10.1. The molecular weight excluding hydrogens is 475 g/mol. The monoisotopic (exact) mass is 492 g/mol. The van der Waals surface area contributed by atoms with E-state index in [1.807, 2.05) is 0 Å². The summed E-state index contributed by atoms with van der Waals surface area (Å²) in [6.45, 7) is 3.31. The van der Waals surface area contributed by atoms with Crippen LogP contribution in [0.15, 0.2) is 23.1 Å². The maximum atomic E-state index is 14.6. The van der Waals surface area contributed by atoms with Crippen molar-refractivity contribution >= 4 is 32.8 Å². The quantitative estimate of drug-likeness (QED) is 0.506. The van der Waals surface area contributed by atoms with Crippen molar-refractivity contribution in [3.63, 3.8) is 0 Å². The van der Waals surface area contributed by atoms with Gasteiger partial charge in [0.1, 0.15) is 16.9 Å². The van der Waals surface area contributed by atoms with Crippen molar-refractivity contribution in [3.05, 3.63) is 40.3 Å². The Morgan fingerprint density at radius 2 is 1.76 bits per heavy atom. The highest BCUT2D eigenvalue weighted by atomic mass is 32.2. The molecule has 0 saturated heterocycles. The van der Waals surface area contributed by atoms with Crippen LogP contribution in [0.2, 0.25) is 0 Å². The number of nitrogens with zero attached hydrogens (tertiary/aromatic N) is 4. The number of rotatable bonds is 6. The zero-order valence-corrected chi connectivity index (χ0v) is 17.9. The van der Waals surface area contributed by atoms with Crippen LogP contribution < -0.4 is 16.0 Å². The molecule has 1 aromatic carbocycles. The van der Waals surface area contributed by atoms with E-state index in [0.29, 0.717) is 12.1 Å². The van der Waals surface area contributed by atoms with Crippen molar-refractivity contribution in [2.45, 2.75) is 32.5 Å². The Hall–Kier alpha value is -3.36. The fraction of sp³-hybridized carbons (Fsp3) is 0.333. The van der Waals surface area contributed by atoms with Crippen LogP contribution in [-0.4, -0.2) is 39.9 Å². The maximum absolute atomic E-state index is 14.6. The Kier molecular flexibility index (Phi) is 6.28. The summed E-state index contributed by atoms with van der Waals surface area (Å²) in [4.78, 5) is 24.8. The molecule has 15 heteroatoms. The summed E-state index contributed by atoms with van der Waals surface area (Å²) < 4.78 is 92.4. The minimum Gasteiger partial charge on any atom is -0.368 e. The summed E-state index contributed by atoms with van der Waals surface area (Å²) in [7, 11) is -4.71. The number of halogens is 5.